The lowest BCUT2D eigenvalue weighted by atomic mass is 10.2. The summed E-state index contributed by atoms with van der Waals surface area (Å²) in [6, 6.07) is 7.03. The summed E-state index contributed by atoms with van der Waals surface area (Å²) in [4.78, 5) is 29.7. The molecule has 1 aromatic carbocycles. The van der Waals surface area contributed by atoms with Crippen molar-refractivity contribution < 1.29 is 4.79 Å². The first kappa shape index (κ1) is 15.4. The number of hydrogen-bond acceptors (Lipinski definition) is 8. The Hall–Kier alpha value is -3.49. The Kier molecular flexibility index (Phi) is 3.82. The van der Waals surface area contributed by atoms with Crippen molar-refractivity contribution in [3.05, 3.63) is 41.7 Å². The molecule has 3 rings (SSSR count). The molecular weight excluding hydrogens is 308 g/mol. The SMILES string of the molecule is CN(Cc1cnc2nc(N)nc(N)c2n1)c1cccc(C(N)=O)c1. The summed E-state index contributed by atoms with van der Waals surface area (Å²) < 4.78 is 0. The number of nitrogens with two attached hydrogens (primary N) is 3. The van der Waals surface area contributed by atoms with E-state index in [-0.39, 0.29) is 11.8 Å². The van der Waals surface area contributed by atoms with Gasteiger partial charge in [-0.15, -0.1) is 0 Å². The number of aromatic nitrogens is 4. The standard InChI is InChI=1S/C15H16N8O/c1-23(10-4-2-3-8(5-10)13(17)24)7-9-6-19-14-11(20-9)12(16)21-15(18)22-14/h2-6H,7H2,1H3,(H2,17,24)(H4,16,18,19,21,22). The van der Waals surface area contributed by atoms with E-state index >= 15 is 0 Å². The van der Waals surface area contributed by atoms with Crippen LogP contribution in [0.5, 0.6) is 0 Å². The quantitative estimate of drug-likeness (QED) is 0.621. The van der Waals surface area contributed by atoms with Gasteiger partial charge in [0, 0.05) is 18.3 Å². The van der Waals surface area contributed by atoms with Crippen molar-refractivity contribution in [1.29, 1.82) is 0 Å². The van der Waals surface area contributed by atoms with E-state index in [2.05, 4.69) is 19.9 Å². The van der Waals surface area contributed by atoms with Crippen molar-refractivity contribution in [2.24, 2.45) is 5.73 Å². The average molecular weight is 324 g/mol. The number of fused-ring (bicyclic) bond motifs is 1. The number of amides is 1. The fraction of sp³-hybridized carbons (Fsp3) is 0.133. The van der Waals surface area contributed by atoms with E-state index in [0.29, 0.717) is 29.0 Å². The van der Waals surface area contributed by atoms with Crippen LogP contribution in [0.1, 0.15) is 16.1 Å². The third-order valence-corrected chi connectivity index (χ3v) is 3.47. The monoisotopic (exact) mass is 324 g/mol. The molecule has 24 heavy (non-hydrogen) atoms. The highest BCUT2D eigenvalue weighted by Crippen LogP contribution is 2.19. The molecule has 0 aliphatic rings. The summed E-state index contributed by atoms with van der Waals surface area (Å²) in [7, 11) is 1.87. The first-order chi connectivity index (χ1) is 11.4. The molecule has 0 aliphatic carbocycles. The number of nitrogens with zero attached hydrogens (tertiary/aromatic N) is 5. The average Bonchev–Trinajstić information content (AvgIpc) is 2.55. The molecule has 0 fully saturated rings. The highest BCUT2D eigenvalue weighted by Gasteiger charge is 2.10. The van der Waals surface area contributed by atoms with Gasteiger partial charge in [-0.25, -0.2) is 9.97 Å². The maximum absolute atomic E-state index is 11.3. The van der Waals surface area contributed by atoms with Gasteiger partial charge in [0.15, 0.2) is 17.0 Å². The second-order valence-corrected chi connectivity index (χ2v) is 5.27. The fourth-order valence-corrected chi connectivity index (χ4v) is 2.29. The van der Waals surface area contributed by atoms with Gasteiger partial charge in [-0.1, -0.05) is 6.07 Å². The first-order valence-corrected chi connectivity index (χ1v) is 7.09. The van der Waals surface area contributed by atoms with Gasteiger partial charge in [0.1, 0.15) is 0 Å². The third-order valence-electron chi connectivity index (χ3n) is 3.47. The van der Waals surface area contributed by atoms with Gasteiger partial charge in [-0.3, -0.25) is 4.79 Å². The minimum atomic E-state index is -0.474. The Morgan fingerprint density at radius 1 is 1.21 bits per heavy atom. The summed E-state index contributed by atoms with van der Waals surface area (Å²) >= 11 is 0. The molecule has 0 unspecified atom stereocenters. The molecule has 2 aromatic heterocycles. The number of hydrogen-bond donors (Lipinski definition) is 3. The summed E-state index contributed by atoms with van der Waals surface area (Å²) in [6.45, 7) is 0.453. The number of carbonyl (C=O) groups excluding carboxylic acids is 1. The van der Waals surface area contributed by atoms with Crippen LogP contribution in [0, 0.1) is 0 Å². The highest BCUT2D eigenvalue weighted by molar-refractivity contribution is 5.93. The normalized spacial score (nSPS) is 10.7. The van der Waals surface area contributed by atoms with E-state index in [1.54, 1.807) is 24.4 Å². The molecule has 0 spiro atoms. The van der Waals surface area contributed by atoms with Crippen molar-refractivity contribution in [3.8, 4) is 0 Å². The Labute approximate surface area is 137 Å². The number of anilines is 3. The maximum atomic E-state index is 11.3. The number of primary amides is 1. The molecule has 122 valence electrons. The van der Waals surface area contributed by atoms with Gasteiger partial charge in [0.2, 0.25) is 11.9 Å². The smallest absolute Gasteiger partial charge is 0.248 e. The molecule has 2 heterocycles. The van der Waals surface area contributed by atoms with Crippen molar-refractivity contribution in [1.82, 2.24) is 19.9 Å². The molecule has 0 atom stereocenters. The van der Waals surface area contributed by atoms with E-state index in [1.807, 2.05) is 18.0 Å². The zero-order valence-corrected chi connectivity index (χ0v) is 13.0. The van der Waals surface area contributed by atoms with Crippen LogP contribution in [-0.2, 0) is 6.54 Å². The zero-order chi connectivity index (χ0) is 17.3. The minimum absolute atomic E-state index is 0.0578. The minimum Gasteiger partial charge on any atom is -0.382 e. The molecule has 6 N–H and O–H groups in total. The zero-order valence-electron chi connectivity index (χ0n) is 13.0. The lowest BCUT2D eigenvalue weighted by molar-refractivity contribution is 0.100. The van der Waals surface area contributed by atoms with Crippen LogP contribution in [0.3, 0.4) is 0 Å². The summed E-state index contributed by atoms with van der Waals surface area (Å²) in [5, 5.41) is 0. The van der Waals surface area contributed by atoms with E-state index < -0.39 is 5.91 Å². The van der Waals surface area contributed by atoms with Crippen LogP contribution in [0.4, 0.5) is 17.5 Å². The lowest BCUT2D eigenvalue weighted by Gasteiger charge is -2.19. The van der Waals surface area contributed by atoms with Gasteiger partial charge >= 0.3 is 0 Å². The van der Waals surface area contributed by atoms with E-state index in [9.17, 15) is 4.79 Å². The van der Waals surface area contributed by atoms with Crippen LogP contribution in [-0.4, -0.2) is 32.9 Å². The van der Waals surface area contributed by atoms with Gasteiger partial charge in [-0.05, 0) is 18.2 Å². The van der Waals surface area contributed by atoms with Crippen molar-refractivity contribution >= 4 is 34.5 Å². The van der Waals surface area contributed by atoms with Crippen LogP contribution >= 0.6 is 0 Å². The number of benzene rings is 1. The molecule has 1 amide bonds. The van der Waals surface area contributed by atoms with Crippen LogP contribution in [0.15, 0.2) is 30.5 Å². The molecule has 0 aliphatic heterocycles. The number of carbonyl (C=O) groups is 1. The maximum Gasteiger partial charge on any atom is 0.248 e. The van der Waals surface area contributed by atoms with Gasteiger partial charge in [-0.2, -0.15) is 9.97 Å². The molecule has 0 saturated carbocycles. The van der Waals surface area contributed by atoms with Crippen molar-refractivity contribution in [3.63, 3.8) is 0 Å². The largest absolute Gasteiger partial charge is 0.382 e. The summed E-state index contributed by atoms with van der Waals surface area (Å²) in [5.74, 6) is -0.231. The van der Waals surface area contributed by atoms with E-state index in [0.717, 1.165) is 5.69 Å². The van der Waals surface area contributed by atoms with Crippen LogP contribution in [0.2, 0.25) is 0 Å². The molecule has 9 nitrogen and oxygen atoms in total. The Morgan fingerprint density at radius 3 is 2.75 bits per heavy atom. The number of nitrogen functional groups attached to an aromatic ring is 2. The van der Waals surface area contributed by atoms with Gasteiger partial charge in [0.05, 0.1) is 18.4 Å². The first-order valence-electron chi connectivity index (χ1n) is 7.09. The summed E-state index contributed by atoms with van der Waals surface area (Å²) in [6.07, 6.45) is 1.60. The molecular formula is C15H16N8O. The van der Waals surface area contributed by atoms with Gasteiger partial charge < -0.3 is 22.1 Å². The van der Waals surface area contributed by atoms with Crippen molar-refractivity contribution in [2.75, 3.05) is 23.4 Å². The lowest BCUT2D eigenvalue weighted by Crippen LogP contribution is -2.19. The molecule has 3 aromatic rings. The molecule has 0 radical (unpaired) electrons. The second-order valence-electron chi connectivity index (χ2n) is 5.27. The van der Waals surface area contributed by atoms with Gasteiger partial charge in [0.25, 0.3) is 0 Å². The van der Waals surface area contributed by atoms with E-state index in [1.165, 1.54) is 0 Å². The topological polar surface area (TPSA) is 150 Å². The van der Waals surface area contributed by atoms with Crippen LogP contribution < -0.4 is 22.1 Å². The summed E-state index contributed by atoms with van der Waals surface area (Å²) in [5.41, 5.74) is 19.4. The highest BCUT2D eigenvalue weighted by atomic mass is 16.1. The fourth-order valence-electron chi connectivity index (χ4n) is 2.29. The van der Waals surface area contributed by atoms with Crippen molar-refractivity contribution in [2.45, 2.75) is 6.54 Å². The molecule has 0 saturated heterocycles. The third kappa shape index (κ3) is 3.00. The Balaban J connectivity index is 1.89. The predicted octanol–water partition coefficient (Wildman–Crippen LogP) is 0.320. The predicted molar refractivity (Wildman–Crippen MR) is 91.0 cm³/mol. The Bertz CT molecular complexity index is 926. The molecule has 9 heteroatoms. The second kappa shape index (κ2) is 5.95. The molecule has 0 bridgehead atoms. The number of rotatable bonds is 4. The Morgan fingerprint density at radius 2 is 2.00 bits per heavy atom. The van der Waals surface area contributed by atoms with E-state index in [4.69, 9.17) is 17.2 Å². The van der Waals surface area contributed by atoms with Crippen LogP contribution in [0.25, 0.3) is 11.2 Å².